The third-order valence-electron chi connectivity index (χ3n) is 3.75. The van der Waals surface area contributed by atoms with E-state index in [0.717, 1.165) is 24.1 Å². The minimum absolute atomic E-state index is 0.000878. The fourth-order valence-electron chi connectivity index (χ4n) is 2.77. The predicted octanol–water partition coefficient (Wildman–Crippen LogP) is 0.733. The molecule has 1 aromatic rings. The lowest BCUT2D eigenvalue weighted by atomic mass is 9.90. The van der Waals surface area contributed by atoms with Gasteiger partial charge in [-0.25, -0.2) is 9.97 Å². The highest BCUT2D eigenvalue weighted by Crippen LogP contribution is 2.38. The van der Waals surface area contributed by atoms with Crippen LogP contribution in [0.2, 0.25) is 0 Å². The molecular weight excluding hydrogens is 278 g/mol. The molecule has 0 fully saturated rings. The molecule has 1 aliphatic carbocycles. The molecule has 0 aromatic carbocycles. The van der Waals surface area contributed by atoms with Crippen molar-refractivity contribution < 1.29 is 12.6 Å². The van der Waals surface area contributed by atoms with Gasteiger partial charge in [0, 0.05) is 6.20 Å². The molecule has 0 radical (unpaired) electrons. The first kappa shape index (κ1) is 13.5. The van der Waals surface area contributed by atoms with Gasteiger partial charge in [-0.3, -0.25) is 0 Å². The lowest BCUT2D eigenvalue weighted by molar-refractivity contribution is 0.318. The third-order valence-corrected chi connectivity index (χ3v) is 4.90. The Morgan fingerprint density at radius 3 is 2.80 bits per heavy atom. The molecule has 1 atom stereocenters. The molecule has 0 unspecified atom stereocenters. The van der Waals surface area contributed by atoms with E-state index in [4.69, 9.17) is 4.18 Å². The van der Waals surface area contributed by atoms with Gasteiger partial charge in [-0.2, -0.15) is 8.42 Å². The van der Waals surface area contributed by atoms with E-state index in [-0.39, 0.29) is 11.8 Å². The molecule has 20 heavy (non-hydrogen) atoms. The third kappa shape index (κ3) is 2.20. The molecule has 0 N–H and O–H groups in total. The van der Waals surface area contributed by atoms with Crippen LogP contribution in [0.25, 0.3) is 5.76 Å². The maximum absolute atomic E-state index is 12.0. The maximum Gasteiger partial charge on any atom is 0.311 e. The van der Waals surface area contributed by atoms with Gasteiger partial charge in [0.2, 0.25) is 0 Å². The summed E-state index contributed by atoms with van der Waals surface area (Å²) in [5, 5.41) is 0. The number of aromatic nitrogens is 2. The van der Waals surface area contributed by atoms with Crippen LogP contribution in [0.15, 0.2) is 11.8 Å². The number of rotatable bonds is 1. The Hall–Kier alpha value is -1.47. The van der Waals surface area contributed by atoms with Gasteiger partial charge >= 0.3 is 10.1 Å². The topological polar surface area (TPSA) is 72.4 Å². The summed E-state index contributed by atoms with van der Waals surface area (Å²) >= 11 is 0. The van der Waals surface area contributed by atoms with Crippen molar-refractivity contribution in [3.05, 3.63) is 28.9 Å². The molecule has 7 heteroatoms. The lowest BCUT2D eigenvalue weighted by Gasteiger charge is -2.35. The Labute approximate surface area is 118 Å². The second kappa shape index (κ2) is 4.53. The quantitative estimate of drug-likeness (QED) is 0.711. The highest BCUT2D eigenvalue weighted by atomic mass is 32.2. The normalized spacial score (nSPS) is 24.1. The average molecular weight is 295 g/mol. The fraction of sp³-hybridized carbons (Fsp3) is 0.538. The van der Waals surface area contributed by atoms with Gasteiger partial charge in [-0.05, 0) is 39.4 Å². The van der Waals surface area contributed by atoms with E-state index >= 15 is 0 Å². The molecule has 108 valence electrons. The molecule has 6 nitrogen and oxygen atoms in total. The van der Waals surface area contributed by atoms with Crippen LogP contribution in [-0.4, -0.2) is 49.2 Å². The molecule has 2 aliphatic rings. The number of nitrogens with zero attached hydrogens (tertiary/aromatic N) is 3. The molecule has 1 aliphatic heterocycles. The fourth-order valence-corrected chi connectivity index (χ4v) is 4.17. The van der Waals surface area contributed by atoms with E-state index in [1.165, 1.54) is 0 Å². The first-order valence-corrected chi connectivity index (χ1v) is 8.09. The zero-order chi connectivity index (χ0) is 14.5. The summed E-state index contributed by atoms with van der Waals surface area (Å²) in [7, 11) is 0.217. The number of aryl methyl sites for hydroxylation is 2. The Bertz CT molecular complexity index is 695. The van der Waals surface area contributed by atoms with E-state index in [1.54, 1.807) is 6.20 Å². The van der Waals surface area contributed by atoms with Gasteiger partial charge in [0.05, 0.1) is 17.3 Å². The molecule has 0 bridgehead atoms. The Balaban J connectivity index is 2.17. The van der Waals surface area contributed by atoms with Crippen LogP contribution < -0.4 is 0 Å². The first-order valence-electron chi connectivity index (χ1n) is 6.52. The van der Waals surface area contributed by atoms with Crippen molar-refractivity contribution in [2.75, 3.05) is 19.8 Å². The molecule has 0 spiro atoms. The summed E-state index contributed by atoms with van der Waals surface area (Å²) in [6, 6.07) is -0.141. The number of likely N-dealkylation sites (N-methyl/N-ethyl adjacent to an activating group) is 1. The van der Waals surface area contributed by atoms with Crippen molar-refractivity contribution >= 4 is 15.9 Å². The number of hydrogen-bond acceptors (Lipinski definition) is 6. The average Bonchev–Trinajstić information content (AvgIpc) is 2.36. The summed E-state index contributed by atoms with van der Waals surface area (Å²) in [6.07, 6.45) is 3.24. The van der Waals surface area contributed by atoms with Gasteiger partial charge in [-0.15, -0.1) is 0 Å². The van der Waals surface area contributed by atoms with Crippen molar-refractivity contribution in [3.8, 4) is 0 Å². The van der Waals surface area contributed by atoms with Crippen LogP contribution >= 0.6 is 0 Å². The van der Waals surface area contributed by atoms with Gasteiger partial charge in [0.25, 0.3) is 0 Å². The van der Waals surface area contributed by atoms with Gasteiger partial charge in [-0.1, -0.05) is 0 Å². The minimum atomic E-state index is -3.56. The summed E-state index contributed by atoms with van der Waals surface area (Å²) < 4.78 is 29.2. The Morgan fingerprint density at radius 2 is 2.10 bits per heavy atom. The van der Waals surface area contributed by atoms with Crippen LogP contribution in [0.4, 0.5) is 0 Å². The summed E-state index contributed by atoms with van der Waals surface area (Å²) in [5.74, 6) is 1.13. The van der Waals surface area contributed by atoms with Crippen LogP contribution in [0.3, 0.4) is 0 Å². The molecular formula is C13H17N3O3S. The monoisotopic (exact) mass is 295 g/mol. The smallest absolute Gasteiger partial charge is 0.311 e. The molecule has 0 amide bonds. The standard InChI is InChI=1S/C13H17N3O3S/c1-8-14-6-10-11(15-8)5-4-9-12(16(2)3)7-20(17,18)19-13(9)10/h6,12H,4-5,7H2,1-3H3/t12-/m0/s1. The summed E-state index contributed by atoms with van der Waals surface area (Å²) in [6.45, 7) is 1.82. The highest BCUT2D eigenvalue weighted by molar-refractivity contribution is 7.87. The van der Waals surface area contributed by atoms with E-state index in [9.17, 15) is 8.42 Å². The van der Waals surface area contributed by atoms with E-state index < -0.39 is 10.1 Å². The van der Waals surface area contributed by atoms with Crippen LogP contribution in [0.1, 0.15) is 23.5 Å². The summed E-state index contributed by atoms with van der Waals surface area (Å²) in [5.41, 5.74) is 2.61. The van der Waals surface area contributed by atoms with E-state index in [0.29, 0.717) is 17.1 Å². The van der Waals surface area contributed by atoms with Crippen molar-refractivity contribution in [2.24, 2.45) is 0 Å². The lowest BCUT2D eigenvalue weighted by Crippen LogP contribution is -2.41. The largest absolute Gasteiger partial charge is 0.382 e. The van der Waals surface area contributed by atoms with Crippen molar-refractivity contribution in [1.29, 1.82) is 0 Å². The van der Waals surface area contributed by atoms with Crippen molar-refractivity contribution in [1.82, 2.24) is 14.9 Å². The molecule has 0 saturated carbocycles. The molecule has 2 heterocycles. The van der Waals surface area contributed by atoms with Gasteiger partial charge in [0.15, 0.2) is 5.76 Å². The second-order valence-corrected chi connectivity index (χ2v) is 7.03. The van der Waals surface area contributed by atoms with Gasteiger partial charge < -0.3 is 9.08 Å². The minimum Gasteiger partial charge on any atom is -0.382 e. The summed E-state index contributed by atoms with van der Waals surface area (Å²) in [4.78, 5) is 10.5. The maximum atomic E-state index is 12.0. The van der Waals surface area contributed by atoms with E-state index in [2.05, 4.69) is 9.97 Å². The SMILES string of the molecule is Cc1ncc2c(n1)CCC1=C2OS(=O)(=O)C[C@@H]1N(C)C. The zero-order valence-corrected chi connectivity index (χ0v) is 12.6. The zero-order valence-electron chi connectivity index (χ0n) is 11.8. The Morgan fingerprint density at radius 1 is 1.35 bits per heavy atom. The first-order chi connectivity index (χ1) is 9.37. The van der Waals surface area contributed by atoms with Crippen LogP contribution in [0, 0.1) is 6.92 Å². The molecule has 0 saturated heterocycles. The predicted molar refractivity (Wildman–Crippen MR) is 74.4 cm³/mol. The number of hydrogen-bond donors (Lipinski definition) is 0. The van der Waals surface area contributed by atoms with Gasteiger partial charge in [0.1, 0.15) is 11.6 Å². The van der Waals surface area contributed by atoms with Crippen molar-refractivity contribution in [2.45, 2.75) is 25.8 Å². The second-order valence-electron chi connectivity index (χ2n) is 5.42. The molecule has 1 aromatic heterocycles. The van der Waals surface area contributed by atoms with Crippen LogP contribution in [0.5, 0.6) is 0 Å². The highest BCUT2D eigenvalue weighted by Gasteiger charge is 2.38. The Kier molecular flexibility index (Phi) is 3.06. The van der Waals surface area contributed by atoms with Crippen LogP contribution in [-0.2, 0) is 20.7 Å². The number of fused-ring (bicyclic) bond motifs is 2. The van der Waals surface area contributed by atoms with Crippen molar-refractivity contribution in [3.63, 3.8) is 0 Å². The van der Waals surface area contributed by atoms with E-state index in [1.807, 2.05) is 25.9 Å². The molecule has 3 rings (SSSR count).